The maximum absolute atomic E-state index is 12.2. The Morgan fingerprint density at radius 2 is 1.83 bits per heavy atom. The highest BCUT2D eigenvalue weighted by atomic mass is 16.6. The maximum atomic E-state index is 12.2. The Hall–Kier alpha value is -0.940. The van der Waals surface area contributed by atoms with E-state index < -0.39 is 0 Å². The van der Waals surface area contributed by atoms with Crippen molar-refractivity contribution in [3.8, 4) is 0 Å². The van der Waals surface area contributed by atoms with E-state index in [-0.39, 0.29) is 42.6 Å². The number of rotatable bonds is 3. The third-order valence-corrected chi connectivity index (χ3v) is 4.79. The monoisotopic (exact) mass is 326 g/mol. The molecule has 2 fully saturated rings. The first-order valence-electron chi connectivity index (χ1n) is 8.89. The van der Waals surface area contributed by atoms with Crippen LogP contribution in [-0.2, 0) is 23.8 Å². The van der Waals surface area contributed by atoms with Gasteiger partial charge >= 0.3 is 5.97 Å². The highest BCUT2D eigenvalue weighted by Crippen LogP contribution is 2.28. The third-order valence-electron chi connectivity index (χ3n) is 4.79. The second-order valence-electron chi connectivity index (χ2n) is 7.10. The fraction of sp³-hybridized carbons (Fsp3) is 0.889. The van der Waals surface area contributed by atoms with Crippen molar-refractivity contribution < 1.29 is 23.8 Å². The lowest BCUT2D eigenvalue weighted by atomic mass is 9.89. The summed E-state index contributed by atoms with van der Waals surface area (Å²) in [5.41, 5.74) is 0. The highest BCUT2D eigenvalue weighted by Gasteiger charge is 2.33. The Kier molecular flexibility index (Phi) is 7.03. The van der Waals surface area contributed by atoms with Crippen molar-refractivity contribution in [3.05, 3.63) is 0 Å². The number of fused-ring (bicyclic) bond motifs is 2. The summed E-state index contributed by atoms with van der Waals surface area (Å²) in [6.07, 6.45) is 4.83. The zero-order chi connectivity index (χ0) is 16.8. The van der Waals surface area contributed by atoms with Crippen molar-refractivity contribution in [2.45, 2.75) is 89.6 Å². The summed E-state index contributed by atoms with van der Waals surface area (Å²) in [5.74, 6) is 0.344. The topological polar surface area (TPSA) is 61.8 Å². The van der Waals surface area contributed by atoms with Gasteiger partial charge in [-0.2, -0.15) is 0 Å². The Balaban J connectivity index is 2.11. The summed E-state index contributed by atoms with van der Waals surface area (Å²) in [5, 5.41) is 0. The largest absolute Gasteiger partial charge is 0.462 e. The van der Waals surface area contributed by atoms with Gasteiger partial charge in [-0.15, -0.1) is 0 Å². The number of Topliss-reactive ketones (excluding diaryl/α,β-unsaturated/α-hetero) is 1. The molecule has 0 aromatic rings. The molecular formula is C18H30O5. The van der Waals surface area contributed by atoms with Crippen LogP contribution >= 0.6 is 0 Å². The third kappa shape index (κ3) is 5.88. The van der Waals surface area contributed by atoms with E-state index in [9.17, 15) is 9.59 Å². The molecular weight excluding hydrogens is 296 g/mol. The molecule has 2 aliphatic rings. The standard InChI is InChI=1S/C18H30O5/c1-4-5-14-10-15(21-3)6-12(2)7-16-8-13(19)9-17(22-16)11-18(20)23-14/h12,14-17H,4-11H2,1-3H3/t12-,14?,15+,16-,17?/m1/s1. The lowest BCUT2D eigenvalue weighted by Crippen LogP contribution is -2.37. The predicted octanol–water partition coefficient (Wildman–Crippen LogP) is 3.04. The molecule has 0 aromatic carbocycles. The van der Waals surface area contributed by atoms with Gasteiger partial charge in [0, 0.05) is 26.4 Å². The van der Waals surface area contributed by atoms with Crippen molar-refractivity contribution in [3.63, 3.8) is 0 Å². The number of hydrogen-bond donors (Lipinski definition) is 0. The number of cyclic esters (lactones) is 1. The molecule has 0 amide bonds. The van der Waals surface area contributed by atoms with Crippen molar-refractivity contribution in [1.29, 1.82) is 0 Å². The molecule has 132 valence electrons. The second-order valence-corrected chi connectivity index (χ2v) is 7.10. The van der Waals surface area contributed by atoms with Gasteiger partial charge in [-0.05, 0) is 25.2 Å². The molecule has 5 heteroatoms. The summed E-state index contributed by atoms with van der Waals surface area (Å²) < 4.78 is 17.2. The zero-order valence-electron chi connectivity index (χ0n) is 14.6. The predicted molar refractivity (Wildman–Crippen MR) is 86.1 cm³/mol. The molecule has 0 saturated carbocycles. The van der Waals surface area contributed by atoms with Gasteiger partial charge in [0.2, 0.25) is 0 Å². The van der Waals surface area contributed by atoms with Gasteiger partial charge in [-0.3, -0.25) is 9.59 Å². The normalized spacial score (nSPS) is 36.7. The fourth-order valence-corrected chi connectivity index (χ4v) is 3.76. The molecule has 2 saturated heterocycles. The smallest absolute Gasteiger partial charge is 0.308 e. The number of methoxy groups -OCH3 is 1. The van der Waals surface area contributed by atoms with Crippen LogP contribution in [0.5, 0.6) is 0 Å². The molecule has 2 heterocycles. The van der Waals surface area contributed by atoms with Crippen LogP contribution in [0.25, 0.3) is 0 Å². The van der Waals surface area contributed by atoms with Gasteiger partial charge in [-0.1, -0.05) is 20.3 Å². The molecule has 0 radical (unpaired) electrons. The molecule has 5 atom stereocenters. The summed E-state index contributed by atoms with van der Waals surface area (Å²) in [4.78, 5) is 24.1. The van der Waals surface area contributed by atoms with Gasteiger partial charge in [0.1, 0.15) is 11.9 Å². The minimum Gasteiger partial charge on any atom is -0.462 e. The minimum atomic E-state index is -0.319. The number of carbonyl (C=O) groups excluding carboxylic acids is 2. The van der Waals surface area contributed by atoms with Crippen LogP contribution in [0.3, 0.4) is 0 Å². The number of hydrogen-bond acceptors (Lipinski definition) is 5. The second kappa shape index (κ2) is 8.78. The SMILES string of the molecule is CCCC1C[C@@H](OC)C[C@@H](C)C[C@@H]2CC(=O)CC(CC(=O)O1)O2. The Labute approximate surface area is 139 Å². The van der Waals surface area contributed by atoms with E-state index >= 15 is 0 Å². The lowest BCUT2D eigenvalue weighted by Gasteiger charge is -2.33. The molecule has 0 spiro atoms. The van der Waals surface area contributed by atoms with E-state index in [2.05, 4.69) is 13.8 Å². The van der Waals surface area contributed by atoms with E-state index in [1.54, 1.807) is 7.11 Å². The van der Waals surface area contributed by atoms with Crippen molar-refractivity contribution >= 4 is 11.8 Å². The quantitative estimate of drug-likeness (QED) is 0.746. The van der Waals surface area contributed by atoms with Crippen molar-refractivity contribution in [2.75, 3.05) is 7.11 Å². The molecule has 23 heavy (non-hydrogen) atoms. The molecule has 0 aliphatic carbocycles. The van der Waals surface area contributed by atoms with E-state index in [1.165, 1.54) is 0 Å². The molecule has 2 bridgehead atoms. The van der Waals surface area contributed by atoms with Crippen LogP contribution in [0, 0.1) is 5.92 Å². The lowest BCUT2D eigenvalue weighted by molar-refractivity contribution is -0.160. The van der Waals surface area contributed by atoms with Crippen LogP contribution in [-0.4, -0.2) is 43.3 Å². The molecule has 0 N–H and O–H groups in total. The van der Waals surface area contributed by atoms with Crippen LogP contribution < -0.4 is 0 Å². The number of carbonyl (C=O) groups is 2. The molecule has 2 aliphatic heterocycles. The van der Waals surface area contributed by atoms with Gasteiger partial charge < -0.3 is 14.2 Å². The van der Waals surface area contributed by atoms with Gasteiger partial charge in [0.25, 0.3) is 0 Å². The number of ketones is 1. The van der Waals surface area contributed by atoms with E-state index in [1.807, 2.05) is 0 Å². The van der Waals surface area contributed by atoms with Crippen LogP contribution in [0.15, 0.2) is 0 Å². The Morgan fingerprint density at radius 3 is 2.52 bits per heavy atom. The van der Waals surface area contributed by atoms with E-state index in [0.29, 0.717) is 18.8 Å². The minimum absolute atomic E-state index is 0.0730. The first-order chi connectivity index (χ1) is 11.0. The highest BCUT2D eigenvalue weighted by molar-refractivity contribution is 5.81. The van der Waals surface area contributed by atoms with E-state index in [0.717, 1.165) is 32.1 Å². The number of esters is 1. The van der Waals surface area contributed by atoms with Gasteiger partial charge in [0.15, 0.2) is 0 Å². The molecule has 2 unspecified atom stereocenters. The Bertz CT molecular complexity index is 408. The van der Waals surface area contributed by atoms with Gasteiger partial charge in [0.05, 0.1) is 24.7 Å². The molecule has 2 rings (SSSR count). The number of ether oxygens (including phenoxy) is 3. The summed E-state index contributed by atoms with van der Waals surface area (Å²) >= 11 is 0. The van der Waals surface area contributed by atoms with Crippen LogP contribution in [0.2, 0.25) is 0 Å². The first kappa shape index (κ1) is 18.4. The van der Waals surface area contributed by atoms with Crippen molar-refractivity contribution in [2.24, 2.45) is 5.92 Å². The summed E-state index contributed by atoms with van der Waals surface area (Å²) in [6.45, 7) is 4.26. The summed E-state index contributed by atoms with van der Waals surface area (Å²) in [7, 11) is 1.71. The zero-order valence-corrected chi connectivity index (χ0v) is 14.6. The van der Waals surface area contributed by atoms with E-state index in [4.69, 9.17) is 14.2 Å². The molecule has 5 nitrogen and oxygen atoms in total. The average molecular weight is 326 g/mol. The van der Waals surface area contributed by atoms with Crippen LogP contribution in [0.1, 0.15) is 65.2 Å². The molecule has 0 aromatic heterocycles. The average Bonchev–Trinajstić information content (AvgIpc) is 2.44. The fourth-order valence-electron chi connectivity index (χ4n) is 3.76. The van der Waals surface area contributed by atoms with Crippen LogP contribution in [0.4, 0.5) is 0 Å². The van der Waals surface area contributed by atoms with Gasteiger partial charge in [-0.25, -0.2) is 0 Å². The first-order valence-corrected chi connectivity index (χ1v) is 8.89. The maximum Gasteiger partial charge on any atom is 0.308 e. The summed E-state index contributed by atoms with van der Waals surface area (Å²) in [6, 6.07) is 0. The Morgan fingerprint density at radius 1 is 1.09 bits per heavy atom. The van der Waals surface area contributed by atoms with Crippen molar-refractivity contribution in [1.82, 2.24) is 0 Å².